The molecule has 0 spiro atoms. The highest BCUT2D eigenvalue weighted by molar-refractivity contribution is 5.76. The predicted molar refractivity (Wildman–Crippen MR) is 269 cm³/mol. The molecule has 1 aliphatic rings. The average Bonchev–Trinajstić information content (AvgIpc) is 3.31. The second-order valence-corrected chi connectivity index (χ2v) is 18.9. The quantitative estimate of drug-likeness (QED) is 0.0196. The first kappa shape index (κ1) is 61.9. The molecule has 66 heavy (non-hydrogen) atoms. The smallest absolute Gasteiger partial charge is 0.305 e. The van der Waals surface area contributed by atoms with Crippen LogP contribution in [0.3, 0.4) is 0 Å². The van der Waals surface area contributed by atoms with Crippen LogP contribution in [-0.2, 0) is 23.8 Å². The molecule has 1 saturated heterocycles. The van der Waals surface area contributed by atoms with Gasteiger partial charge in [-0.25, -0.2) is 0 Å². The Balaban J connectivity index is 2.18. The molecule has 7 atom stereocenters. The fourth-order valence-corrected chi connectivity index (χ4v) is 8.33. The Morgan fingerprint density at radius 1 is 0.545 bits per heavy atom. The minimum absolute atomic E-state index is 0.0310. The average molecular weight is 936 g/mol. The lowest BCUT2D eigenvalue weighted by molar-refractivity contribution is -0.302. The van der Waals surface area contributed by atoms with Gasteiger partial charge < -0.3 is 45.1 Å². The first-order valence-electron chi connectivity index (χ1n) is 27.3. The van der Waals surface area contributed by atoms with Gasteiger partial charge in [0.2, 0.25) is 5.91 Å². The predicted octanol–water partition coefficient (Wildman–Crippen LogP) is 11.6. The molecular weight excluding hydrogens is 835 g/mol. The Kier molecular flexibility index (Phi) is 42.5. The lowest BCUT2D eigenvalue weighted by Gasteiger charge is -2.40. The normalized spacial score (nSPS) is 19.9. The van der Waals surface area contributed by atoms with E-state index < -0.39 is 49.5 Å². The van der Waals surface area contributed by atoms with Crippen LogP contribution in [0.4, 0.5) is 0 Å². The van der Waals surface area contributed by atoms with Crippen LogP contribution in [0.2, 0.25) is 0 Å². The van der Waals surface area contributed by atoms with Crippen molar-refractivity contribution in [1.82, 2.24) is 5.32 Å². The van der Waals surface area contributed by atoms with E-state index in [0.29, 0.717) is 19.4 Å². The number of carbonyl (C=O) groups is 2. The van der Waals surface area contributed by atoms with Gasteiger partial charge in [0.1, 0.15) is 24.4 Å². The van der Waals surface area contributed by atoms with Crippen molar-refractivity contribution in [2.75, 3.05) is 19.8 Å². The van der Waals surface area contributed by atoms with Crippen LogP contribution >= 0.6 is 0 Å². The van der Waals surface area contributed by atoms with Crippen molar-refractivity contribution < 1.29 is 49.3 Å². The molecular formula is C55H101NO10. The van der Waals surface area contributed by atoms with E-state index in [1.165, 1.54) is 128 Å². The molecule has 0 bridgehead atoms. The van der Waals surface area contributed by atoms with E-state index in [4.69, 9.17) is 14.2 Å². The maximum atomic E-state index is 13.0. The second kappa shape index (κ2) is 45.3. The monoisotopic (exact) mass is 936 g/mol. The Labute approximate surface area is 403 Å². The molecule has 1 fully saturated rings. The molecule has 1 amide bonds. The summed E-state index contributed by atoms with van der Waals surface area (Å²) in [5, 5.41) is 54.2. The number of carbonyl (C=O) groups excluding carboxylic acids is 2. The number of allylic oxidation sites excluding steroid dienone is 5. The van der Waals surface area contributed by atoms with Crippen molar-refractivity contribution in [3.8, 4) is 0 Å². The van der Waals surface area contributed by atoms with Crippen LogP contribution in [-0.4, -0.2) is 100 Å². The van der Waals surface area contributed by atoms with E-state index in [1.807, 2.05) is 6.08 Å². The van der Waals surface area contributed by atoms with Crippen LogP contribution in [0.15, 0.2) is 36.5 Å². The zero-order valence-corrected chi connectivity index (χ0v) is 42.2. The Bertz CT molecular complexity index is 1190. The van der Waals surface area contributed by atoms with Crippen molar-refractivity contribution in [1.29, 1.82) is 0 Å². The van der Waals surface area contributed by atoms with Crippen LogP contribution in [0.25, 0.3) is 0 Å². The lowest BCUT2D eigenvalue weighted by atomic mass is 9.99. The van der Waals surface area contributed by atoms with Gasteiger partial charge in [0.15, 0.2) is 6.29 Å². The van der Waals surface area contributed by atoms with E-state index in [2.05, 4.69) is 43.5 Å². The molecule has 0 aromatic carbocycles. The number of hydrogen-bond acceptors (Lipinski definition) is 10. The summed E-state index contributed by atoms with van der Waals surface area (Å²) in [5.74, 6) is -0.239. The standard InChI is InChI=1S/C55H101NO10/c1-3-5-7-9-11-13-15-22-25-29-33-37-41-48(58)47(46-65-55-54(63)53(62)52(61)49(45-57)66-55)56-50(59)42-38-34-30-26-23-19-17-16-18-20-24-28-32-36-40-44-64-51(60)43-39-35-31-27-21-14-12-10-8-6-4-2/h18,20,22,25,37,41,47-49,52-55,57-58,61-63H,3-17,19,21,23-24,26-36,38-40,42-46H2,1-2H3,(H,56,59)/b20-18-,25-22+,41-37+. The van der Waals surface area contributed by atoms with Crippen molar-refractivity contribution in [2.24, 2.45) is 0 Å². The van der Waals surface area contributed by atoms with Crippen LogP contribution in [0, 0.1) is 0 Å². The highest BCUT2D eigenvalue weighted by Crippen LogP contribution is 2.23. The second-order valence-electron chi connectivity index (χ2n) is 18.9. The number of unbranched alkanes of at least 4 members (excludes halogenated alkanes) is 28. The molecule has 11 heteroatoms. The first-order valence-corrected chi connectivity index (χ1v) is 27.3. The summed E-state index contributed by atoms with van der Waals surface area (Å²) in [7, 11) is 0. The molecule has 1 aliphatic heterocycles. The van der Waals surface area contributed by atoms with Crippen molar-refractivity contribution in [2.45, 2.75) is 281 Å². The minimum atomic E-state index is -1.58. The highest BCUT2D eigenvalue weighted by atomic mass is 16.7. The van der Waals surface area contributed by atoms with Crippen molar-refractivity contribution in [3.05, 3.63) is 36.5 Å². The maximum absolute atomic E-state index is 13.0. The topological polar surface area (TPSA) is 175 Å². The fraction of sp³-hybridized carbons (Fsp3) is 0.855. The molecule has 386 valence electrons. The number of ether oxygens (including phenoxy) is 3. The van der Waals surface area contributed by atoms with Gasteiger partial charge >= 0.3 is 5.97 Å². The molecule has 0 aromatic heterocycles. The number of aliphatic hydroxyl groups excluding tert-OH is 5. The molecule has 0 aromatic rings. The molecule has 7 unspecified atom stereocenters. The largest absolute Gasteiger partial charge is 0.466 e. The maximum Gasteiger partial charge on any atom is 0.305 e. The summed E-state index contributed by atoms with van der Waals surface area (Å²) in [6, 6.07) is -0.838. The summed E-state index contributed by atoms with van der Waals surface area (Å²) in [4.78, 5) is 25.0. The number of amides is 1. The minimum Gasteiger partial charge on any atom is -0.466 e. The van der Waals surface area contributed by atoms with Gasteiger partial charge in [0, 0.05) is 12.8 Å². The summed E-state index contributed by atoms with van der Waals surface area (Å²) in [6.45, 7) is 4.25. The zero-order valence-electron chi connectivity index (χ0n) is 42.2. The molecule has 0 radical (unpaired) electrons. The first-order chi connectivity index (χ1) is 32.2. The zero-order chi connectivity index (χ0) is 48.1. The number of nitrogens with one attached hydrogen (secondary N) is 1. The van der Waals surface area contributed by atoms with Gasteiger partial charge in [0.05, 0.1) is 32.0 Å². The summed E-state index contributed by atoms with van der Waals surface area (Å²) >= 11 is 0. The fourth-order valence-electron chi connectivity index (χ4n) is 8.33. The van der Waals surface area contributed by atoms with Gasteiger partial charge in [-0.2, -0.15) is 0 Å². The number of esters is 1. The third-order valence-corrected chi connectivity index (χ3v) is 12.7. The van der Waals surface area contributed by atoms with Gasteiger partial charge in [-0.3, -0.25) is 9.59 Å². The Morgan fingerprint density at radius 2 is 0.985 bits per heavy atom. The van der Waals surface area contributed by atoms with E-state index in [-0.39, 0.29) is 18.5 Å². The third-order valence-electron chi connectivity index (χ3n) is 12.7. The van der Waals surface area contributed by atoms with Crippen molar-refractivity contribution in [3.63, 3.8) is 0 Å². The number of hydrogen-bond donors (Lipinski definition) is 6. The SMILES string of the molecule is CCCCCCCC/C=C/CC/C=C/C(O)C(COC1OC(CO)C(O)C(O)C1O)NC(=O)CCCCCCCCC/C=C\CCCCCCOC(=O)CCCCCCCCCCCCC. The Hall–Kier alpha value is -2.12. The van der Waals surface area contributed by atoms with Crippen LogP contribution in [0.5, 0.6) is 0 Å². The van der Waals surface area contributed by atoms with E-state index >= 15 is 0 Å². The third kappa shape index (κ3) is 35.1. The van der Waals surface area contributed by atoms with Crippen LogP contribution < -0.4 is 5.32 Å². The molecule has 0 aliphatic carbocycles. The number of aliphatic hydroxyl groups is 5. The van der Waals surface area contributed by atoms with Gasteiger partial charge in [0.25, 0.3) is 0 Å². The highest BCUT2D eigenvalue weighted by Gasteiger charge is 2.44. The lowest BCUT2D eigenvalue weighted by Crippen LogP contribution is -2.60. The summed E-state index contributed by atoms with van der Waals surface area (Å²) < 4.78 is 16.6. The summed E-state index contributed by atoms with van der Waals surface area (Å²) in [6.07, 6.45) is 43.7. The molecule has 0 saturated carbocycles. The molecule has 6 N–H and O–H groups in total. The number of rotatable bonds is 46. The van der Waals surface area contributed by atoms with E-state index in [1.54, 1.807) is 6.08 Å². The molecule has 11 nitrogen and oxygen atoms in total. The van der Waals surface area contributed by atoms with Gasteiger partial charge in [-0.05, 0) is 70.6 Å². The van der Waals surface area contributed by atoms with Gasteiger partial charge in [-0.1, -0.05) is 192 Å². The van der Waals surface area contributed by atoms with Gasteiger partial charge in [-0.15, -0.1) is 0 Å². The van der Waals surface area contributed by atoms with E-state index in [0.717, 1.165) is 83.5 Å². The molecule has 1 heterocycles. The summed E-state index contributed by atoms with van der Waals surface area (Å²) in [5.41, 5.74) is 0. The van der Waals surface area contributed by atoms with Crippen LogP contribution in [0.1, 0.15) is 239 Å². The van der Waals surface area contributed by atoms with E-state index in [9.17, 15) is 35.1 Å². The van der Waals surface area contributed by atoms with Crippen molar-refractivity contribution >= 4 is 11.9 Å². The Morgan fingerprint density at radius 3 is 1.50 bits per heavy atom. The molecule has 1 rings (SSSR count).